The van der Waals surface area contributed by atoms with Gasteiger partial charge in [0.15, 0.2) is 5.58 Å². The Balaban J connectivity index is 1.33. The third-order valence-corrected chi connectivity index (χ3v) is 6.43. The number of carbonyl (C=O) groups is 2. The Hall–Kier alpha value is -3.36. The highest BCUT2D eigenvalue weighted by molar-refractivity contribution is 5.96. The van der Waals surface area contributed by atoms with Crippen LogP contribution < -0.4 is 11.1 Å². The molecule has 0 unspecified atom stereocenters. The van der Waals surface area contributed by atoms with Gasteiger partial charge in [0.2, 0.25) is 5.91 Å². The SMILES string of the molecule is C#Cc1coc2cnc(C(=O)NC3CCC([C@H](N)C(=O)N4CCC[C@H]4C#N)CC3)cc12. The maximum absolute atomic E-state index is 12.7. The number of pyridine rings is 1. The Bertz CT molecular complexity index is 1070. The Morgan fingerprint density at radius 1 is 1.32 bits per heavy atom. The van der Waals surface area contributed by atoms with Gasteiger partial charge in [0.05, 0.1) is 23.9 Å². The van der Waals surface area contributed by atoms with E-state index in [4.69, 9.17) is 16.6 Å². The van der Waals surface area contributed by atoms with Gasteiger partial charge in [-0.1, -0.05) is 5.92 Å². The molecule has 0 spiro atoms. The molecule has 3 heterocycles. The van der Waals surface area contributed by atoms with Crippen molar-refractivity contribution >= 4 is 22.8 Å². The lowest BCUT2D eigenvalue weighted by molar-refractivity contribution is -0.134. The molecule has 2 aliphatic rings. The fourth-order valence-electron chi connectivity index (χ4n) is 4.61. The maximum Gasteiger partial charge on any atom is 0.270 e. The van der Waals surface area contributed by atoms with E-state index in [9.17, 15) is 14.9 Å². The zero-order valence-electron chi connectivity index (χ0n) is 17.2. The molecule has 160 valence electrons. The molecule has 1 aliphatic carbocycles. The maximum atomic E-state index is 12.7. The van der Waals surface area contributed by atoms with Gasteiger partial charge in [-0.05, 0) is 50.5 Å². The number of carbonyl (C=O) groups excluding carboxylic acids is 2. The first-order valence-corrected chi connectivity index (χ1v) is 10.6. The van der Waals surface area contributed by atoms with Crippen LogP contribution in [0.5, 0.6) is 0 Å². The summed E-state index contributed by atoms with van der Waals surface area (Å²) in [5.74, 6) is 2.20. The number of nitrogens with one attached hydrogen (secondary N) is 1. The van der Waals surface area contributed by atoms with E-state index in [2.05, 4.69) is 22.3 Å². The predicted octanol–water partition coefficient (Wildman–Crippen LogP) is 1.94. The molecule has 0 radical (unpaired) electrons. The predicted molar refractivity (Wildman–Crippen MR) is 113 cm³/mol. The Morgan fingerprint density at radius 3 is 2.81 bits per heavy atom. The largest absolute Gasteiger partial charge is 0.461 e. The first-order chi connectivity index (χ1) is 15.0. The van der Waals surface area contributed by atoms with Crippen molar-refractivity contribution in [3.8, 4) is 18.4 Å². The van der Waals surface area contributed by atoms with Crippen LogP contribution in [-0.2, 0) is 4.79 Å². The van der Waals surface area contributed by atoms with Crippen LogP contribution in [0.25, 0.3) is 11.0 Å². The minimum atomic E-state index is -0.599. The number of rotatable bonds is 4. The van der Waals surface area contributed by atoms with Gasteiger partial charge >= 0.3 is 0 Å². The zero-order chi connectivity index (χ0) is 22.0. The van der Waals surface area contributed by atoms with Crippen LogP contribution in [0.15, 0.2) is 22.9 Å². The van der Waals surface area contributed by atoms with Crippen molar-refractivity contribution in [1.82, 2.24) is 15.2 Å². The molecule has 2 atom stereocenters. The molecule has 1 aliphatic heterocycles. The van der Waals surface area contributed by atoms with Crippen LogP contribution in [0.1, 0.15) is 54.6 Å². The summed E-state index contributed by atoms with van der Waals surface area (Å²) in [5, 5.41) is 12.9. The van der Waals surface area contributed by atoms with Crippen molar-refractivity contribution in [2.75, 3.05) is 6.54 Å². The third kappa shape index (κ3) is 4.12. The van der Waals surface area contributed by atoms with Gasteiger partial charge < -0.3 is 20.4 Å². The van der Waals surface area contributed by atoms with Crippen molar-refractivity contribution in [1.29, 1.82) is 5.26 Å². The Kier molecular flexibility index (Phi) is 5.92. The first kappa shape index (κ1) is 20.9. The Morgan fingerprint density at radius 2 is 2.10 bits per heavy atom. The number of hydrogen-bond acceptors (Lipinski definition) is 6. The number of fused-ring (bicyclic) bond motifs is 1. The molecule has 2 aromatic rings. The monoisotopic (exact) mass is 419 g/mol. The summed E-state index contributed by atoms with van der Waals surface area (Å²) >= 11 is 0. The highest BCUT2D eigenvalue weighted by Gasteiger charge is 2.36. The second-order valence-electron chi connectivity index (χ2n) is 8.29. The third-order valence-electron chi connectivity index (χ3n) is 6.43. The number of likely N-dealkylation sites (tertiary alicyclic amines) is 1. The average Bonchev–Trinajstić information content (AvgIpc) is 3.44. The molecule has 8 nitrogen and oxygen atoms in total. The van der Waals surface area contributed by atoms with Gasteiger partial charge in [0.1, 0.15) is 18.0 Å². The fraction of sp³-hybridized carbons (Fsp3) is 0.478. The van der Waals surface area contributed by atoms with E-state index >= 15 is 0 Å². The van der Waals surface area contributed by atoms with Gasteiger partial charge in [-0.3, -0.25) is 9.59 Å². The van der Waals surface area contributed by atoms with Crippen molar-refractivity contribution in [2.45, 2.75) is 56.7 Å². The van der Waals surface area contributed by atoms with E-state index in [0.29, 0.717) is 23.1 Å². The van der Waals surface area contributed by atoms with Crippen LogP contribution in [-0.4, -0.2) is 46.4 Å². The van der Waals surface area contributed by atoms with Gasteiger partial charge in [-0.15, -0.1) is 6.42 Å². The molecule has 31 heavy (non-hydrogen) atoms. The van der Waals surface area contributed by atoms with E-state index in [1.807, 2.05) is 0 Å². The highest BCUT2D eigenvalue weighted by Crippen LogP contribution is 2.29. The quantitative estimate of drug-likeness (QED) is 0.730. The normalized spacial score (nSPS) is 24.4. The number of amides is 2. The summed E-state index contributed by atoms with van der Waals surface area (Å²) in [4.78, 5) is 31.2. The molecule has 4 rings (SSSR count). The number of nitrogens with zero attached hydrogens (tertiary/aromatic N) is 3. The van der Waals surface area contributed by atoms with Gasteiger partial charge in [-0.2, -0.15) is 5.26 Å². The fourth-order valence-corrected chi connectivity index (χ4v) is 4.61. The Labute approximate surface area is 180 Å². The smallest absolute Gasteiger partial charge is 0.270 e. The summed E-state index contributed by atoms with van der Waals surface area (Å²) in [6, 6.07) is 2.88. The lowest BCUT2D eigenvalue weighted by Crippen LogP contribution is -2.50. The standard InChI is InChI=1S/C23H25N5O3/c1-2-14-13-31-20-12-26-19(10-18(14)20)22(29)27-16-7-5-15(6-8-16)21(25)23(30)28-9-3-4-17(28)11-24/h1,10,12-13,15-17,21H,3-9,25H2,(H,27,29)/t15?,16?,17-,21-/m0/s1. The number of aromatic nitrogens is 1. The molecule has 2 amide bonds. The van der Waals surface area contributed by atoms with Crippen molar-refractivity contribution in [3.63, 3.8) is 0 Å². The highest BCUT2D eigenvalue weighted by atomic mass is 16.3. The summed E-state index contributed by atoms with van der Waals surface area (Å²) in [6.07, 6.45) is 13.0. The summed E-state index contributed by atoms with van der Waals surface area (Å²) in [5.41, 5.74) is 7.69. The molecule has 0 aromatic carbocycles. The molecule has 0 bridgehead atoms. The molecule has 2 fully saturated rings. The lowest BCUT2D eigenvalue weighted by Gasteiger charge is -2.34. The van der Waals surface area contributed by atoms with Crippen molar-refractivity contribution in [3.05, 3.63) is 29.8 Å². The number of furan rings is 1. The topological polar surface area (TPSA) is 125 Å². The summed E-state index contributed by atoms with van der Waals surface area (Å²) < 4.78 is 5.33. The molecule has 1 saturated heterocycles. The molecule has 3 N–H and O–H groups in total. The van der Waals surface area contributed by atoms with E-state index in [-0.39, 0.29) is 35.5 Å². The van der Waals surface area contributed by atoms with Crippen LogP contribution in [0.3, 0.4) is 0 Å². The number of nitrogens with two attached hydrogens (primary N) is 1. The van der Waals surface area contributed by atoms with E-state index < -0.39 is 6.04 Å². The molecular formula is C23H25N5O3. The zero-order valence-corrected chi connectivity index (χ0v) is 17.2. The number of hydrogen-bond donors (Lipinski definition) is 2. The second-order valence-corrected chi connectivity index (χ2v) is 8.29. The molecule has 1 saturated carbocycles. The van der Waals surface area contributed by atoms with E-state index in [1.165, 1.54) is 12.5 Å². The average molecular weight is 419 g/mol. The lowest BCUT2D eigenvalue weighted by atomic mass is 9.81. The number of nitriles is 1. The van der Waals surface area contributed by atoms with Gasteiger partial charge in [0.25, 0.3) is 5.91 Å². The van der Waals surface area contributed by atoms with Gasteiger partial charge in [-0.25, -0.2) is 4.98 Å². The number of terminal acetylenes is 1. The van der Waals surface area contributed by atoms with Crippen LogP contribution in [0, 0.1) is 29.6 Å². The van der Waals surface area contributed by atoms with Gasteiger partial charge in [0, 0.05) is 18.0 Å². The minimum absolute atomic E-state index is 0.00125. The summed E-state index contributed by atoms with van der Waals surface area (Å²) in [6.45, 7) is 0.603. The van der Waals surface area contributed by atoms with Crippen molar-refractivity contribution < 1.29 is 14.0 Å². The van der Waals surface area contributed by atoms with E-state index in [0.717, 1.165) is 38.5 Å². The van der Waals surface area contributed by atoms with Crippen LogP contribution in [0.2, 0.25) is 0 Å². The molecule has 8 heteroatoms. The molecular weight excluding hydrogens is 394 g/mol. The molecule has 2 aromatic heterocycles. The second kappa shape index (κ2) is 8.79. The van der Waals surface area contributed by atoms with E-state index in [1.54, 1.807) is 11.0 Å². The van der Waals surface area contributed by atoms with Crippen LogP contribution >= 0.6 is 0 Å². The van der Waals surface area contributed by atoms with Crippen molar-refractivity contribution in [2.24, 2.45) is 11.7 Å². The minimum Gasteiger partial charge on any atom is -0.461 e. The van der Waals surface area contributed by atoms with Crippen LogP contribution in [0.4, 0.5) is 0 Å². The first-order valence-electron chi connectivity index (χ1n) is 10.6. The summed E-state index contributed by atoms with van der Waals surface area (Å²) in [7, 11) is 0.